The Bertz CT molecular complexity index is 1440. The maximum absolute atomic E-state index is 5.01. The first-order valence-corrected chi connectivity index (χ1v) is 11.6. The van der Waals surface area contributed by atoms with E-state index in [4.69, 9.17) is 4.98 Å². The van der Waals surface area contributed by atoms with Crippen molar-refractivity contribution < 1.29 is 0 Å². The number of allylic oxidation sites excluding steroid dienone is 1. The van der Waals surface area contributed by atoms with Crippen LogP contribution in [0.5, 0.6) is 0 Å². The van der Waals surface area contributed by atoms with Crippen LogP contribution in [-0.4, -0.2) is 23.9 Å². The highest BCUT2D eigenvalue weighted by Gasteiger charge is 2.19. The maximum atomic E-state index is 5.01. The van der Waals surface area contributed by atoms with Crippen molar-refractivity contribution in [1.82, 2.24) is 19.9 Å². The van der Waals surface area contributed by atoms with Crippen LogP contribution >= 0.6 is 36.7 Å². The highest BCUT2D eigenvalue weighted by atomic mass is 127. The summed E-state index contributed by atoms with van der Waals surface area (Å²) in [6.07, 6.45) is 8.25. The quantitative estimate of drug-likeness (QED) is 0.263. The average Bonchev–Trinajstić information content (AvgIpc) is 3.32. The number of aromatic amines is 2. The molecule has 2 aromatic carbocycles. The molecule has 0 aliphatic carbocycles. The smallest absolute Gasteiger partial charge is 0.140 e. The van der Waals surface area contributed by atoms with Gasteiger partial charge in [0.25, 0.3) is 0 Å². The summed E-state index contributed by atoms with van der Waals surface area (Å²) in [7, 11) is 0. The third-order valence-electron chi connectivity index (χ3n) is 4.89. The van der Waals surface area contributed by atoms with Crippen LogP contribution in [0.3, 0.4) is 0 Å². The Labute approximate surface area is 172 Å². The van der Waals surface area contributed by atoms with E-state index in [2.05, 4.69) is 65.2 Å². The summed E-state index contributed by atoms with van der Waals surface area (Å²) in [5.41, 5.74) is 6.61. The van der Waals surface area contributed by atoms with Crippen LogP contribution in [0.1, 0.15) is 5.56 Å². The first kappa shape index (κ1) is 15.7. The summed E-state index contributed by atoms with van der Waals surface area (Å²) in [5.74, 6) is 0.883. The molecule has 1 aliphatic heterocycles. The van der Waals surface area contributed by atoms with E-state index >= 15 is 0 Å². The summed E-state index contributed by atoms with van der Waals surface area (Å²) < 4.78 is 4.72. The third-order valence-corrected chi connectivity index (χ3v) is 7.87. The van der Waals surface area contributed by atoms with E-state index in [1.807, 2.05) is 24.5 Å². The topological polar surface area (TPSA) is 57.4 Å². The number of fused-ring (bicyclic) bond motifs is 7. The molecule has 0 fully saturated rings. The van der Waals surface area contributed by atoms with Gasteiger partial charge in [-0.05, 0) is 34.3 Å². The van der Waals surface area contributed by atoms with Crippen LogP contribution in [0.4, 0.5) is 0 Å². The summed E-state index contributed by atoms with van der Waals surface area (Å²) in [6, 6.07) is 10.4. The van der Waals surface area contributed by atoms with E-state index in [0.29, 0.717) is 0 Å². The van der Waals surface area contributed by atoms with Gasteiger partial charge in [-0.1, -0.05) is 48.8 Å². The van der Waals surface area contributed by atoms with Gasteiger partial charge in [0.2, 0.25) is 0 Å². The Morgan fingerprint density at radius 3 is 3.00 bits per heavy atom. The fourth-order valence-electron chi connectivity index (χ4n) is 3.69. The number of aromatic nitrogens is 4. The monoisotopic (exact) mass is 526 g/mol. The van der Waals surface area contributed by atoms with E-state index in [9.17, 15) is 0 Å². The van der Waals surface area contributed by atoms with Gasteiger partial charge in [-0.3, -0.25) is 4.98 Å². The molecule has 4 heterocycles. The number of hydrogen-bond acceptors (Lipinski definition) is 2. The van der Waals surface area contributed by atoms with E-state index < -0.39 is 0 Å². The molecule has 0 saturated heterocycles. The fraction of sp³-hybridized carbons (Fsp3) is 0. The van der Waals surface area contributed by atoms with Crippen molar-refractivity contribution >= 4 is 79.6 Å². The van der Waals surface area contributed by atoms with Crippen LogP contribution in [-0.2, 0) is 0 Å². The molecule has 0 unspecified atom stereocenters. The van der Waals surface area contributed by atoms with Crippen LogP contribution < -0.4 is 0 Å². The fourth-order valence-corrected chi connectivity index (χ4v) is 6.33. The molecule has 1 aliphatic rings. The molecule has 0 saturated carbocycles. The van der Waals surface area contributed by atoms with Gasteiger partial charge in [0.05, 0.1) is 16.6 Å². The number of benzene rings is 2. The van der Waals surface area contributed by atoms with E-state index in [0.717, 1.165) is 48.7 Å². The number of imidazole rings is 1. The molecular formula is C21H12BrIN4. The first-order chi connectivity index (χ1) is 13.3. The summed E-state index contributed by atoms with van der Waals surface area (Å²) in [5, 5.41) is 2.27. The minimum absolute atomic E-state index is 0.186. The van der Waals surface area contributed by atoms with E-state index in [1.54, 1.807) is 0 Å². The second-order valence-electron chi connectivity index (χ2n) is 6.42. The molecule has 0 spiro atoms. The largest absolute Gasteiger partial charge is 0.360 e. The summed E-state index contributed by atoms with van der Waals surface area (Å²) in [4.78, 5) is 16.7. The standard InChI is InChI=1S/C21H12BrIN4/c22-11-5-6-16-14(9-11)15(10-25-16)21-26-19-12-3-1-7-23-17(12)18-13(20(19)27-21)4-2-8-24-18/h1-10,25H,(H,26,27). The van der Waals surface area contributed by atoms with Crippen LogP contribution in [0.25, 0.3) is 50.3 Å². The van der Waals surface area contributed by atoms with Gasteiger partial charge in [0.15, 0.2) is 0 Å². The Morgan fingerprint density at radius 2 is 2.04 bits per heavy atom. The molecule has 0 radical (unpaired) electrons. The number of hydrogen-bond donors (Lipinski definition) is 2. The van der Waals surface area contributed by atoms with Crippen molar-refractivity contribution in [2.45, 2.75) is 0 Å². The Balaban J connectivity index is 1.73. The second kappa shape index (κ2) is 5.84. The first-order valence-electron chi connectivity index (χ1n) is 8.50. The van der Waals surface area contributed by atoms with Crippen molar-refractivity contribution in [3.63, 3.8) is 0 Å². The van der Waals surface area contributed by atoms with Crippen LogP contribution in [0.15, 0.2) is 53.3 Å². The Kier molecular flexibility index (Phi) is 3.40. The molecule has 0 atom stereocenters. The van der Waals surface area contributed by atoms with Crippen molar-refractivity contribution in [2.24, 2.45) is 0 Å². The van der Waals surface area contributed by atoms with Crippen molar-refractivity contribution in [2.75, 3.05) is 0 Å². The van der Waals surface area contributed by atoms with Crippen molar-refractivity contribution in [3.05, 3.63) is 62.4 Å². The lowest BCUT2D eigenvalue weighted by molar-refractivity contribution is 1.34. The van der Waals surface area contributed by atoms with Gasteiger partial charge in [-0.25, -0.2) is 4.98 Å². The van der Waals surface area contributed by atoms with Gasteiger partial charge in [0.1, 0.15) is 5.82 Å². The number of rotatable bonds is 1. The van der Waals surface area contributed by atoms with Gasteiger partial charge in [0, 0.05) is 47.9 Å². The highest BCUT2D eigenvalue weighted by molar-refractivity contribution is 14.2. The number of nitrogens with zero attached hydrogens (tertiary/aromatic N) is 2. The SMILES string of the molecule is Brc1ccc2[nH]cc(-c3nc4c([nH]3)c3c(c5ncccc54)I=CC=C3)c2c1. The Hall–Kier alpha value is -2.32. The molecular weight excluding hydrogens is 515 g/mol. The lowest BCUT2D eigenvalue weighted by Gasteiger charge is -2.09. The van der Waals surface area contributed by atoms with Gasteiger partial charge >= 0.3 is 0 Å². The third kappa shape index (κ3) is 2.29. The van der Waals surface area contributed by atoms with Crippen molar-refractivity contribution in [1.29, 1.82) is 0 Å². The number of pyridine rings is 1. The van der Waals surface area contributed by atoms with E-state index in [-0.39, 0.29) is 20.7 Å². The lowest BCUT2D eigenvalue weighted by atomic mass is 10.1. The van der Waals surface area contributed by atoms with Gasteiger partial charge < -0.3 is 9.97 Å². The van der Waals surface area contributed by atoms with Crippen LogP contribution in [0, 0.1) is 3.57 Å². The predicted molar refractivity (Wildman–Crippen MR) is 124 cm³/mol. The zero-order chi connectivity index (χ0) is 18.0. The molecule has 5 aromatic rings. The molecule has 3 aromatic heterocycles. The summed E-state index contributed by atoms with van der Waals surface area (Å²) >= 11 is 3.39. The van der Waals surface area contributed by atoms with E-state index in [1.165, 1.54) is 9.13 Å². The molecule has 0 bridgehead atoms. The minimum Gasteiger partial charge on any atom is -0.360 e. The van der Waals surface area contributed by atoms with Crippen molar-refractivity contribution in [3.8, 4) is 11.4 Å². The average molecular weight is 527 g/mol. The number of H-pyrrole nitrogens is 2. The predicted octanol–water partition coefficient (Wildman–Crippen LogP) is 5.99. The molecule has 0 amide bonds. The molecule has 6 heteroatoms. The molecule has 27 heavy (non-hydrogen) atoms. The zero-order valence-electron chi connectivity index (χ0n) is 13.9. The minimum atomic E-state index is -0.186. The number of nitrogens with one attached hydrogen (secondary N) is 2. The zero-order valence-corrected chi connectivity index (χ0v) is 17.7. The lowest BCUT2D eigenvalue weighted by Crippen LogP contribution is -1.93. The van der Waals surface area contributed by atoms with Gasteiger partial charge in [-0.2, -0.15) is 0 Å². The van der Waals surface area contributed by atoms with Gasteiger partial charge in [-0.15, -0.1) is 0 Å². The molecule has 6 rings (SSSR count). The molecule has 4 nitrogen and oxygen atoms in total. The maximum Gasteiger partial charge on any atom is 0.140 e. The number of halogens is 2. The Morgan fingerprint density at radius 1 is 1.07 bits per heavy atom. The molecule has 130 valence electrons. The highest BCUT2D eigenvalue weighted by Crippen LogP contribution is 2.38. The normalized spacial score (nSPS) is 13.4. The summed E-state index contributed by atoms with van der Waals surface area (Å²) in [6.45, 7) is 0. The van der Waals surface area contributed by atoms with Crippen LogP contribution in [0.2, 0.25) is 0 Å². The molecule has 2 N–H and O–H groups in total. The second-order valence-corrected chi connectivity index (χ2v) is 9.76.